The van der Waals surface area contributed by atoms with Crippen molar-refractivity contribution in [2.45, 2.75) is 12.5 Å². The van der Waals surface area contributed by atoms with Crippen LogP contribution in [0.25, 0.3) is 0 Å². The summed E-state index contributed by atoms with van der Waals surface area (Å²) in [5.41, 5.74) is 3.27. The summed E-state index contributed by atoms with van der Waals surface area (Å²) in [4.78, 5) is 14.4. The van der Waals surface area contributed by atoms with Gasteiger partial charge in [-0.05, 0) is 36.8 Å². The first-order chi connectivity index (χ1) is 13.7. The molecule has 2 N–H and O–H groups in total. The molecule has 0 radical (unpaired) electrons. The van der Waals surface area contributed by atoms with Crippen molar-refractivity contribution in [3.8, 4) is 5.75 Å². The molecule has 146 valence electrons. The van der Waals surface area contributed by atoms with Gasteiger partial charge in [0.2, 0.25) is 5.91 Å². The Hall–Kier alpha value is -2.79. The molecule has 0 spiro atoms. The summed E-state index contributed by atoms with van der Waals surface area (Å²) in [6, 6.07) is 8.29. The lowest BCUT2D eigenvalue weighted by Crippen LogP contribution is -2.32. The number of benzene rings is 1. The van der Waals surface area contributed by atoms with Gasteiger partial charge in [0.05, 0.1) is 13.2 Å². The molecule has 2 heterocycles. The predicted molar refractivity (Wildman–Crippen MR) is 111 cm³/mol. The van der Waals surface area contributed by atoms with Crippen LogP contribution in [0.5, 0.6) is 5.75 Å². The van der Waals surface area contributed by atoms with Crippen molar-refractivity contribution in [2.24, 2.45) is 5.92 Å². The summed E-state index contributed by atoms with van der Waals surface area (Å²) in [6.45, 7) is 3.44. The van der Waals surface area contributed by atoms with E-state index < -0.39 is 0 Å². The van der Waals surface area contributed by atoms with E-state index >= 15 is 0 Å². The maximum atomic E-state index is 12.5. The molecule has 2 aliphatic heterocycles. The van der Waals surface area contributed by atoms with E-state index in [0.717, 1.165) is 55.2 Å². The lowest BCUT2D eigenvalue weighted by molar-refractivity contribution is -0.125. The molecule has 28 heavy (non-hydrogen) atoms. The Morgan fingerprint density at radius 2 is 2.14 bits per heavy atom. The SMILES string of the molecule is COc1ccccc1C1NC2=C[C@@H]1C=CC(/C=C/C(=O)N1CCCNCC1)=C2. The number of methoxy groups -OCH3 is 1. The first-order valence-electron chi connectivity index (χ1n) is 9.93. The molecule has 0 saturated carbocycles. The number of allylic oxidation sites excluding steroid dienone is 4. The van der Waals surface area contributed by atoms with E-state index in [9.17, 15) is 4.79 Å². The van der Waals surface area contributed by atoms with Gasteiger partial charge in [-0.1, -0.05) is 36.4 Å². The largest absolute Gasteiger partial charge is 0.496 e. The van der Waals surface area contributed by atoms with Gasteiger partial charge < -0.3 is 20.3 Å². The third-order valence-electron chi connectivity index (χ3n) is 5.46. The number of carbonyl (C=O) groups excluding carboxylic acids is 1. The lowest BCUT2D eigenvalue weighted by atomic mass is 9.94. The Morgan fingerprint density at radius 1 is 1.25 bits per heavy atom. The molecule has 1 aromatic carbocycles. The number of fused-ring (bicyclic) bond motifs is 1. The molecule has 1 amide bonds. The van der Waals surface area contributed by atoms with Crippen LogP contribution in [0.1, 0.15) is 18.0 Å². The molecule has 2 atom stereocenters. The quantitative estimate of drug-likeness (QED) is 0.793. The topological polar surface area (TPSA) is 53.6 Å². The van der Waals surface area contributed by atoms with E-state index in [2.05, 4.69) is 41.0 Å². The maximum absolute atomic E-state index is 12.5. The van der Waals surface area contributed by atoms with Crippen molar-refractivity contribution in [1.82, 2.24) is 15.5 Å². The fourth-order valence-electron chi connectivity index (χ4n) is 3.98. The van der Waals surface area contributed by atoms with E-state index in [1.165, 1.54) is 0 Å². The van der Waals surface area contributed by atoms with Crippen molar-refractivity contribution >= 4 is 5.91 Å². The van der Waals surface area contributed by atoms with E-state index in [-0.39, 0.29) is 17.9 Å². The fraction of sp³-hybridized carbons (Fsp3) is 0.348. The molecule has 5 heteroatoms. The number of hydrogen-bond donors (Lipinski definition) is 2. The summed E-state index contributed by atoms with van der Waals surface area (Å²) in [7, 11) is 1.71. The van der Waals surface area contributed by atoms with Crippen LogP contribution in [0.4, 0.5) is 0 Å². The fourth-order valence-corrected chi connectivity index (χ4v) is 3.98. The predicted octanol–water partition coefficient (Wildman–Crippen LogP) is 2.71. The van der Waals surface area contributed by atoms with E-state index in [1.807, 2.05) is 29.2 Å². The van der Waals surface area contributed by atoms with E-state index in [4.69, 9.17) is 4.74 Å². The minimum absolute atomic E-state index is 0.0845. The van der Waals surface area contributed by atoms with Crippen LogP contribution in [0.3, 0.4) is 0 Å². The number of carbonyl (C=O) groups is 1. The van der Waals surface area contributed by atoms with Crippen LogP contribution in [0.15, 0.2) is 72.0 Å². The van der Waals surface area contributed by atoms with E-state index in [0.29, 0.717) is 0 Å². The highest BCUT2D eigenvalue weighted by molar-refractivity contribution is 5.88. The third-order valence-corrected chi connectivity index (χ3v) is 5.46. The van der Waals surface area contributed by atoms with Crippen LogP contribution in [0.2, 0.25) is 0 Å². The Labute approximate surface area is 166 Å². The first-order valence-corrected chi connectivity index (χ1v) is 9.93. The average molecular weight is 377 g/mol. The van der Waals surface area contributed by atoms with Crippen molar-refractivity contribution in [2.75, 3.05) is 33.3 Å². The summed E-state index contributed by atoms with van der Waals surface area (Å²) in [5.74, 6) is 1.23. The number of nitrogens with zero attached hydrogens (tertiary/aromatic N) is 1. The Balaban J connectivity index is 1.44. The zero-order valence-electron chi connectivity index (χ0n) is 16.2. The zero-order valence-corrected chi connectivity index (χ0v) is 16.2. The van der Waals surface area contributed by atoms with Gasteiger partial charge in [-0.15, -0.1) is 0 Å². The lowest BCUT2D eigenvalue weighted by Gasteiger charge is -2.22. The van der Waals surface area contributed by atoms with Gasteiger partial charge in [-0.2, -0.15) is 0 Å². The molecule has 3 aliphatic rings. The normalized spacial score (nSPS) is 24.2. The number of hydrogen-bond acceptors (Lipinski definition) is 4. The molecule has 1 aliphatic carbocycles. The summed E-state index contributed by atoms with van der Waals surface area (Å²) >= 11 is 0. The minimum atomic E-state index is 0.0845. The number of para-hydroxylation sites is 1. The van der Waals surface area contributed by atoms with Gasteiger partial charge in [0.25, 0.3) is 0 Å². The first kappa shape index (κ1) is 18.6. The van der Waals surface area contributed by atoms with Crippen LogP contribution >= 0.6 is 0 Å². The van der Waals surface area contributed by atoms with Crippen LogP contribution < -0.4 is 15.4 Å². The standard InChI is InChI=1S/C23H27N3O2/c1-28-21-6-3-2-5-20(21)23-18-9-7-17(15-19(16-18)25-23)8-10-22(27)26-13-4-11-24-12-14-26/h2-3,5-10,15-16,18,23-25H,4,11-14H2,1H3/b10-8+/t18-,23?/m0/s1. The highest BCUT2D eigenvalue weighted by atomic mass is 16.5. The summed E-state index contributed by atoms with van der Waals surface area (Å²) < 4.78 is 5.53. The smallest absolute Gasteiger partial charge is 0.246 e. The van der Waals surface area contributed by atoms with Crippen molar-refractivity contribution < 1.29 is 9.53 Å². The zero-order chi connectivity index (χ0) is 19.3. The van der Waals surface area contributed by atoms with E-state index in [1.54, 1.807) is 13.2 Å². The second-order valence-electron chi connectivity index (χ2n) is 7.33. The summed E-state index contributed by atoms with van der Waals surface area (Å²) in [6.07, 6.45) is 13.2. The van der Waals surface area contributed by atoms with Gasteiger partial charge in [0.15, 0.2) is 0 Å². The second kappa shape index (κ2) is 8.48. The second-order valence-corrected chi connectivity index (χ2v) is 7.33. The van der Waals surface area contributed by atoms with Crippen LogP contribution in [-0.4, -0.2) is 44.1 Å². The monoisotopic (exact) mass is 377 g/mol. The number of nitrogens with one attached hydrogen (secondary N) is 2. The number of ether oxygens (including phenoxy) is 1. The molecule has 4 rings (SSSR count). The highest BCUT2D eigenvalue weighted by Gasteiger charge is 2.29. The van der Waals surface area contributed by atoms with Gasteiger partial charge >= 0.3 is 0 Å². The third kappa shape index (κ3) is 4.04. The number of amides is 1. The molecule has 1 saturated heterocycles. The average Bonchev–Trinajstić information content (AvgIpc) is 2.89. The Bertz CT molecular complexity index is 845. The molecule has 5 nitrogen and oxygen atoms in total. The molecule has 1 unspecified atom stereocenters. The Morgan fingerprint density at radius 3 is 3.04 bits per heavy atom. The Kier molecular flexibility index (Phi) is 5.63. The molecule has 2 bridgehead atoms. The van der Waals surface area contributed by atoms with Gasteiger partial charge in [-0.25, -0.2) is 0 Å². The van der Waals surface area contributed by atoms with Crippen molar-refractivity contribution in [3.05, 3.63) is 77.6 Å². The molecular formula is C23H27N3O2. The molecule has 0 aromatic heterocycles. The van der Waals surface area contributed by atoms with Crippen LogP contribution in [-0.2, 0) is 4.79 Å². The van der Waals surface area contributed by atoms with Gasteiger partial charge in [-0.3, -0.25) is 4.79 Å². The number of rotatable bonds is 4. The maximum Gasteiger partial charge on any atom is 0.246 e. The van der Waals surface area contributed by atoms with Gasteiger partial charge in [0, 0.05) is 42.9 Å². The van der Waals surface area contributed by atoms with Gasteiger partial charge in [0.1, 0.15) is 5.75 Å². The molecule has 1 fully saturated rings. The highest BCUT2D eigenvalue weighted by Crippen LogP contribution is 2.38. The van der Waals surface area contributed by atoms with Crippen molar-refractivity contribution in [3.63, 3.8) is 0 Å². The minimum Gasteiger partial charge on any atom is -0.496 e. The molecule has 1 aromatic rings. The van der Waals surface area contributed by atoms with Crippen molar-refractivity contribution in [1.29, 1.82) is 0 Å². The van der Waals surface area contributed by atoms with Crippen LogP contribution in [0, 0.1) is 5.92 Å². The summed E-state index contributed by atoms with van der Waals surface area (Å²) in [5, 5.41) is 6.91. The molecular weight excluding hydrogens is 350 g/mol.